The molecule has 6 nitrogen and oxygen atoms in total. The smallest absolute Gasteiger partial charge is 0.107 e. The van der Waals surface area contributed by atoms with Gasteiger partial charge in [-0.25, -0.2) is 4.98 Å². The number of thiazole rings is 1. The summed E-state index contributed by atoms with van der Waals surface area (Å²) in [6.45, 7) is 3.74. The van der Waals surface area contributed by atoms with Gasteiger partial charge in [-0.2, -0.15) is 10.2 Å². The molecular formula is C19H22N6S. The second-order valence-corrected chi connectivity index (χ2v) is 8.06. The average Bonchev–Trinajstić information content (AvgIpc) is 3.08. The Labute approximate surface area is 157 Å². The third-order valence-corrected chi connectivity index (χ3v) is 5.39. The highest BCUT2D eigenvalue weighted by Crippen LogP contribution is 2.24. The standard InChI is InChI=1S/C19H22N6S/c1-24(2)12-16-10-21-19(26-16)13-25-8-5-17-15(11-25)9-18(23-22-17)14-3-6-20-7-4-14/h3-4,6-7,9-10H,5,8,11-13H2,1-2H3. The molecule has 0 atom stereocenters. The van der Waals surface area contributed by atoms with E-state index in [-0.39, 0.29) is 0 Å². The summed E-state index contributed by atoms with van der Waals surface area (Å²) >= 11 is 1.81. The molecule has 3 aromatic rings. The van der Waals surface area contributed by atoms with E-state index in [0.717, 1.165) is 49.6 Å². The van der Waals surface area contributed by atoms with E-state index in [1.54, 1.807) is 23.7 Å². The second-order valence-electron chi connectivity index (χ2n) is 6.86. The van der Waals surface area contributed by atoms with Crippen molar-refractivity contribution in [3.8, 4) is 11.3 Å². The maximum Gasteiger partial charge on any atom is 0.107 e. The number of rotatable bonds is 5. The van der Waals surface area contributed by atoms with Crippen molar-refractivity contribution in [3.05, 3.63) is 57.9 Å². The zero-order valence-electron chi connectivity index (χ0n) is 15.1. The lowest BCUT2D eigenvalue weighted by Gasteiger charge is -2.27. The van der Waals surface area contributed by atoms with Crippen LogP contribution in [0.1, 0.15) is 21.1 Å². The summed E-state index contributed by atoms with van der Waals surface area (Å²) in [6, 6.07) is 6.11. The minimum atomic E-state index is 0.893. The van der Waals surface area contributed by atoms with Crippen molar-refractivity contribution in [3.63, 3.8) is 0 Å². The summed E-state index contributed by atoms with van der Waals surface area (Å²) in [5, 5.41) is 10.0. The highest BCUT2D eigenvalue weighted by molar-refractivity contribution is 7.11. The van der Waals surface area contributed by atoms with Gasteiger partial charge in [0.15, 0.2) is 0 Å². The Hall–Kier alpha value is -2.22. The average molecular weight is 366 g/mol. The van der Waals surface area contributed by atoms with Crippen molar-refractivity contribution in [2.45, 2.75) is 26.1 Å². The molecule has 0 N–H and O–H groups in total. The van der Waals surface area contributed by atoms with Crippen LogP contribution in [0.4, 0.5) is 0 Å². The van der Waals surface area contributed by atoms with Crippen LogP contribution in [0.3, 0.4) is 0 Å². The number of pyridine rings is 1. The lowest BCUT2D eigenvalue weighted by Crippen LogP contribution is -2.30. The van der Waals surface area contributed by atoms with E-state index in [2.05, 4.69) is 50.1 Å². The molecule has 134 valence electrons. The van der Waals surface area contributed by atoms with Gasteiger partial charge in [-0.15, -0.1) is 11.3 Å². The number of hydrogen-bond donors (Lipinski definition) is 0. The van der Waals surface area contributed by atoms with Crippen molar-refractivity contribution in [2.24, 2.45) is 0 Å². The minimum Gasteiger partial charge on any atom is -0.304 e. The number of hydrogen-bond acceptors (Lipinski definition) is 7. The van der Waals surface area contributed by atoms with Gasteiger partial charge in [-0.05, 0) is 37.9 Å². The molecule has 1 aliphatic heterocycles. The van der Waals surface area contributed by atoms with E-state index in [0.29, 0.717) is 0 Å². The summed E-state index contributed by atoms with van der Waals surface area (Å²) in [7, 11) is 4.17. The fraction of sp³-hybridized carbons (Fsp3) is 0.368. The molecule has 0 radical (unpaired) electrons. The topological polar surface area (TPSA) is 58.0 Å². The fourth-order valence-corrected chi connectivity index (χ4v) is 4.27. The Morgan fingerprint density at radius 2 is 2.04 bits per heavy atom. The molecule has 0 spiro atoms. The number of fused-ring (bicyclic) bond motifs is 1. The van der Waals surface area contributed by atoms with E-state index >= 15 is 0 Å². The largest absolute Gasteiger partial charge is 0.304 e. The van der Waals surface area contributed by atoms with Crippen molar-refractivity contribution < 1.29 is 0 Å². The van der Waals surface area contributed by atoms with Crippen LogP contribution < -0.4 is 0 Å². The van der Waals surface area contributed by atoms with E-state index < -0.39 is 0 Å². The SMILES string of the molecule is CN(C)Cc1cnc(CN2CCc3nnc(-c4ccncc4)cc3C2)s1. The van der Waals surface area contributed by atoms with Crippen molar-refractivity contribution in [1.29, 1.82) is 0 Å². The summed E-state index contributed by atoms with van der Waals surface area (Å²) in [6.07, 6.45) is 6.52. The lowest BCUT2D eigenvalue weighted by molar-refractivity contribution is 0.242. The van der Waals surface area contributed by atoms with E-state index in [1.165, 1.54) is 15.4 Å². The Kier molecular flexibility index (Phi) is 5.01. The Balaban J connectivity index is 1.47. The first kappa shape index (κ1) is 17.2. The molecule has 0 saturated carbocycles. The van der Waals surface area contributed by atoms with Gasteiger partial charge in [0.05, 0.1) is 17.9 Å². The molecule has 0 bridgehead atoms. The van der Waals surface area contributed by atoms with Gasteiger partial charge in [0, 0.05) is 55.1 Å². The van der Waals surface area contributed by atoms with Crippen LogP contribution in [0, 0.1) is 0 Å². The van der Waals surface area contributed by atoms with Crippen LogP contribution in [-0.2, 0) is 26.1 Å². The van der Waals surface area contributed by atoms with E-state index in [1.807, 2.05) is 18.3 Å². The van der Waals surface area contributed by atoms with Gasteiger partial charge in [0.25, 0.3) is 0 Å². The zero-order chi connectivity index (χ0) is 17.9. The lowest BCUT2D eigenvalue weighted by atomic mass is 10.0. The maximum atomic E-state index is 4.60. The highest BCUT2D eigenvalue weighted by Gasteiger charge is 2.20. The first-order valence-corrected chi connectivity index (χ1v) is 9.55. The second kappa shape index (κ2) is 7.57. The summed E-state index contributed by atoms with van der Waals surface area (Å²) in [5.74, 6) is 0. The quantitative estimate of drug-likeness (QED) is 0.692. The van der Waals surface area contributed by atoms with Crippen LogP contribution in [0.25, 0.3) is 11.3 Å². The minimum absolute atomic E-state index is 0.893. The van der Waals surface area contributed by atoms with Gasteiger partial charge in [0.1, 0.15) is 5.01 Å². The van der Waals surface area contributed by atoms with Crippen LogP contribution in [-0.4, -0.2) is 50.6 Å². The summed E-state index contributed by atoms with van der Waals surface area (Å²) in [5.41, 5.74) is 4.35. The molecule has 4 rings (SSSR count). The first-order valence-electron chi connectivity index (χ1n) is 8.74. The predicted octanol–water partition coefficient (Wildman–Crippen LogP) is 2.62. The summed E-state index contributed by atoms with van der Waals surface area (Å²) in [4.78, 5) is 14.6. The third kappa shape index (κ3) is 3.95. The molecule has 0 amide bonds. The molecule has 1 aliphatic rings. The van der Waals surface area contributed by atoms with Gasteiger partial charge in [-0.3, -0.25) is 9.88 Å². The highest BCUT2D eigenvalue weighted by atomic mass is 32.1. The third-order valence-electron chi connectivity index (χ3n) is 4.43. The molecular weight excluding hydrogens is 344 g/mol. The number of aromatic nitrogens is 4. The maximum absolute atomic E-state index is 4.60. The Morgan fingerprint density at radius 1 is 1.19 bits per heavy atom. The van der Waals surface area contributed by atoms with E-state index in [9.17, 15) is 0 Å². The van der Waals surface area contributed by atoms with Gasteiger partial charge in [0.2, 0.25) is 0 Å². The molecule has 3 aromatic heterocycles. The molecule has 7 heteroatoms. The number of nitrogens with zero attached hydrogens (tertiary/aromatic N) is 6. The van der Waals surface area contributed by atoms with Gasteiger partial charge >= 0.3 is 0 Å². The normalized spacial score (nSPS) is 14.6. The van der Waals surface area contributed by atoms with Gasteiger partial charge < -0.3 is 4.90 Å². The molecule has 4 heterocycles. The van der Waals surface area contributed by atoms with Crippen LogP contribution in [0.5, 0.6) is 0 Å². The monoisotopic (exact) mass is 366 g/mol. The van der Waals surface area contributed by atoms with Crippen LogP contribution >= 0.6 is 11.3 Å². The van der Waals surface area contributed by atoms with Crippen LogP contribution in [0.2, 0.25) is 0 Å². The molecule has 26 heavy (non-hydrogen) atoms. The van der Waals surface area contributed by atoms with Crippen molar-refractivity contribution >= 4 is 11.3 Å². The molecule has 0 saturated heterocycles. The van der Waals surface area contributed by atoms with Crippen molar-refractivity contribution in [1.82, 2.24) is 30.0 Å². The zero-order valence-corrected chi connectivity index (χ0v) is 15.9. The summed E-state index contributed by atoms with van der Waals surface area (Å²) < 4.78 is 0. The van der Waals surface area contributed by atoms with Crippen LogP contribution in [0.15, 0.2) is 36.8 Å². The molecule has 0 aliphatic carbocycles. The molecule has 0 fully saturated rings. The predicted molar refractivity (Wildman–Crippen MR) is 103 cm³/mol. The van der Waals surface area contributed by atoms with Gasteiger partial charge in [-0.1, -0.05) is 0 Å². The molecule has 0 aromatic carbocycles. The van der Waals surface area contributed by atoms with Crippen molar-refractivity contribution in [2.75, 3.05) is 20.6 Å². The fourth-order valence-electron chi connectivity index (χ4n) is 3.18. The Bertz CT molecular complexity index is 877. The first-order chi connectivity index (χ1) is 12.7. The Morgan fingerprint density at radius 3 is 2.85 bits per heavy atom. The van der Waals surface area contributed by atoms with E-state index in [4.69, 9.17) is 0 Å². The molecule has 0 unspecified atom stereocenters.